The quantitative estimate of drug-likeness (QED) is 0.869. The molecule has 0 radical (unpaired) electrons. The summed E-state index contributed by atoms with van der Waals surface area (Å²) in [5, 5.41) is 11.0. The van der Waals surface area contributed by atoms with Gasteiger partial charge in [0, 0.05) is 0 Å². The standard InChI is InChI=1S/C13H16N2O3/c1-10(2)9-18-13(16)15-11-5-3-4-6-12(11)17-8-7-14/h3-6,10H,8-9H2,1-2H3,(H,15,16). The van der Waals surface area contributed by atoms with Crippen molar-refractivity contribution in [2.75, 3.05) is 18.5 Å². The van der Waals surface area contributed by atoms with E-state index in [0.717, 1.165) is 0 Å². The van der Waals surface area contributed by atoms with Gasteiger partial charge in [0.15, 0.2) is 6.61 Å². The summed E-state index contributed by atoms with van der Waals surface area (Å²) >= 11 is 0. The first-order chi connectivity index (χ1) is 8.63. The van der Waals surface area contributed by atoms with Gasteiger partial charge in [-0.25, -0.2) is 4.79 Å². The molecule has 0 atom stereocenters. The zero-order valence-corrected chi connectivity index (χ0v) is 10.5. The molecule has 0 unspecified atom stereocenters. The molecule has 0 aliphatic carbocycles. The highest BCUT2D eigenvalue weighted by Crippen LogP contribution is 2.23. The predicted molar refractivity (Wildman–Crippen MR) is 67.4 cm³/mol. The van der Waals surface area contributed by atoms with Crippen LogP contribution in [-0.2, 0) is 4.74 Å². The first-order valence-corrected chi connectivity index (χ1v) is 5.66. The molecule has 1 aromatic rings. The molecule has 1 rings (SSSR count). The normalized spacial score (nSPS) is 9.67. The van der Waals surface area contributed by atoms with Gasteiger partial charge in [0.2, 0.25) is 0 Å². The summed E-state index contributed by atoms with van der Waals surface area (Å²) in [5.74, 6) is 0.723. The van der Waals surface area contributed by atoms with Crippen molar-refractivity contribution in [2.24, 2.45) is 5.92 Å². The Kier molecular flexibility index (Phi) is 5.52. The highest BCUT2D eigenvalue weighted by Gasteiger charge is 2.08. The molecule has 0 aliphatic rings. The van der Waals surface area contributed by atoms with Crippen LogP contribution < -0.4 is 10.1 Å². The number of nitrogens with zero attached hydrogens (tertiary/aromatic N) is 1. The Morgan fingerprint density at radius 2 is 2.17 bits per heavy atom. The topological polar surface area (TPSA) is 71.3 Å². The van der Waals surface area contributed by atoms with Crippen LogP contribution in [0.3, 0.4) is 0 Å². The highest BCUT2D eigenvalue weighted by molar-refractivity contribution is 5.86. The van der Waals surface area contributed by atoms with Gasteiger partial charge in [-0.05, 0) is 18.1 Å². The first kappa shape index (κ1) is 13.8. The molecule has 0 aromatic heterocycles. The van der Waals surface area contributed by atoms with Gasteiger partial charge in [0.1, 0.15) is 11.8 Å². The number of para-hydroxylation sites is 2. The zero-order valence-electron chi connectivity index (χ0n) is 10.5. The number of nitriles is 1. The lowest BCUT2D eigenvalue weighted by Crippen LogP contribution is -2.17. The summed E-state index contributed by atoms with van der Waals surface area (Å²) < 4.78 is 10.2. The molecule has 5 heteroatoms. The molecule has 1 N–H and O–H groups in total. The fourth-order valence-corrected chi connectivity index (χ4v) is 1.19. The molecule has 5 nitrogen and oxygen atoms in total. The molecule has 0 spiro atoms. The number of carbonyl (C=O) groups is 1. The minimum atomic E-state index is -0.531. The average molecular weight is 248 g/mol. The maximum absolute atomic E-state index is 11.5. The summed E-state index contributed by atoms with van der Waals surface area (Å²) in [4.78, 5) is 11.5. The lowest BCUT2D eigenvalue weighted by Gasteiger charge is -2.11. The molecule has 18 heavy (non-hydrogen) atoms. The number of rotatable bonds is 5. The van der Waals surface area contributed by atoms with Gasteiger partial charge >= 0.3 is 6.09 Å². The Bertz CT molecular complexity index is 438. The van der Waals surface area contributed by atoms with E-state index in [-0.39, 0.29) is 12.5 Å². The summed E-state index contributed by atoms with van der Waals surface area (Å²) in [6, 6.07) is 8.75. The average Bonchev–Trinajstić information content (AvgIpc) is 2.35. The van der Waals surface area contributed by atoms with Crippen LogP contribution in [0.15, 0.2) is 24.3 Å². The van der Waals surface area contributed by atoms with Crippen molar-refractivity contribution in [2.45, 2.75) is 13.8 Å². The fourth-order valence-electron chi connectivity index (χ4n) is 1.19. The van der Waals surface area contributed by atoms with E-state index in [1.807, 2.05) is 19.9 Å². The number of hydrogen-bond acceptors (Lipinski definition) is 4. The van der Waals surface area contributed by atoms with Crippen LogP contribution in [0.25, 0.3) is 0 Å². The fraction of sp³-hybridized carbons (Fsp3) is 0.385. The number of hydrogen-bond donors (Lipinski definition) is 1. The highest BCUT2D eigenvalue weighted by atomic mass is 16.5. The third kappa shape index (κ3) is 4.74. The first-order valence-electron chi connectivity index (χ1n) is 5.66. The molecule has 1 aromatic carbocycles. The predicted octanol–water partition coefficient (Wildman–Crippen LogP) is 2.79. The van der Waals surface area contributed by atoms with Gasteiger partial charge in [-0.2, -0.15) is 5.26 Å². The van der Waals surface area contributed by atoms with Crippen molar-refractivity contribution in [1.82, 2.24) is 0 Å². The van der Waals surface area contributed by atoms with Gasteiger partial charge in [-0.1, -0.05) is 26.0 Å². The van der Waals surface area contributed by atoms with Crippen LogP contribution >= 0.6 is 0 Å². The Hall–Kier alpha value is -2.22. The van der Waals surface area contributed by atoms with Crippen LogP contribution in [0.5, 0.6) is 5.75 Å². The monoisotopic (exact) mass is 248 g/mol. The second kappa shape index (κ2) is 7.17. The van der Waals surface area contributed by atoms with Crippen molar-refractivity contribution in [3.05, 3.63) is 24.3 Å². The third-order valence-corrected chi connectivity index (χ3v) is 1.96. The van der Waals surface area contributed by atoms with Crippen LogP contribution in [0.2, 0.25) is 0 Å². The van der Waals surface area contributed by atoms with Crippen molar-refractivity contribution < 1.29 is 14.3 Å². The maximum atomic E-state index is 11.5. The van der Waals surface area contributed by atoms with E-state index in [1.165, 1.54) is 0 Å². The van der Waals surface area contributed by atoms with E-state index in [2.05, 4.69) is 5.32 Å². The van der Waals surface area contributed by atoms with E-state index in [4.69, 9.17) is 14.7 Å². The Balaban J connectivity index is 2.60. The lowest BCUT2D eigenvalue weighted by atomic mass is 10.2. The van der Waals surface area contributed by atoms with Crippen molar-refractivity contribution >= 4 is 11.8 Å². The second-order valence-electron chi connectivity index (χ2n) is 4.06. The third-order valence-electron chi connectivity index (χ3n) is 1.96. The van der Waals surface area contributed by atoms with E-state index in [9.17, 15) is 4.79 Å². The molecule has 96 valence electrons. The lowest BCUT2D eigenvalue weighted by molar-refractivity contribution is 0.147. The van der Waals surface area contributed by atoms with Crippen molar-refractivity contribution in [3.8, 4) is 11.8 Å². The summed E-state index contributed by atoms with van der Waals surface area (Å²) in [6.45, 7) is 4.20. The minimum absolute atomic E-state index is 0.0697. The van der Waals surface area contributed by atoms with Crippen LogP contribution in [-0.4, -0.2) is 19.3 Å². The van der Waals surface area contributed by atoms with Crippen LogP contribution in [0.4, 0.5) is 10.5 Å². The number of benzene rings is 1. The number of anilines is 1. The molecular formula is C13H16N2O3. The second-order valence-corrected chi connectivity index (χ2v) is 4.06. The summed E-state index contributed by atoms with van der Waals surface area (Å²) in [5.41, 5.74) is 0.488. The molecule has 0 bridgehead atoms. The Labute approximate surface area is 106 Å². The van der Waals surface area contributed by atoms with Crippen LogP contribution in [0, 0.1) is 17.2 Å². The molecule has 0 aliphatic heterocycles. The number of nitrogens with one attached hydrogen (secondary N) is 1. The number of carbonyl (C=O) groups excluding carboxylic acids is 1. The zero-order chi connectivity index (χ0) is 13.4. The largest absolute Gasteiger partial charge is 0.477 e. The molecule has 0 heterocycles. The Morgan fingerprint density at radius 1 is 1.44 bits per heavy atom. The molecule has 0 saturated carbocycles. The van der Waals surface area contributed by atoms with Gasteiger partial charge in [0.25, 0.3) is 0 Å². The van der Waals surface area contributed by atoms with E-state index >= 15 is 0 Å². The molecular weight excluding hydrogens is 232 g/mol. The Morgan fingerprint density at radius 3 is 2.83 bits per heavy atom. The summed E-state index contributed by atoms with van der Waals surface area (Å²) in [6.07, 6.45) is -0.531. The number of ether oxygens (including phenoxy) is 2. The van der Waals surface area contributed by atoms with E-state index in [1.54, 1.807) is 24.3 Å². The molecule has 1 amide bonds. The SMILES string of the molecule is CC(C)COC(=O)Nc1ccccc1OCC#N. The molecule has 0 fully saturated rings. The van der Waals surface area contributed by atoms with Crippen molar-refractivity contribution in [3.63, 3.8) is 0 Å². The smallest absolute Gasteiger partial charge is 0.411 e. The van der Waals surface area contributed by atoms with Gasteiger partial charge in [-0.15, -0.1) is 0 Å². The summed E-state index contributed by atoms with van der Waals surface area (Å²) in [7, 11) is 0. The number of amides is 1. The van der Waals surface area contributed by atoms with Crippen LogP contribution in [0.1, 0.15) is 13.8 Å². The van der Waals surface area contributed by atoms with E-state index < -0.39 is 6.09 Å². The minimum Gasteiger partial charge on any atom is -0.477 e. The van der Waals surface area contributed by atoms with E-state index in [0.29, 0.717) is 18.0 Å². The van der Waals surface area contributed by atoms with Crippen molar-refractivity contribution in [1.29, 1.82) is 5.26 Å². The van der Waals surface area contributed by atoms with Gasteiger partial charge in [-0.3, -0.25) is 5.32 Å². The maximum Gasteiger partial charge on any atom is 0.411 e. The van der Waals surface area contributed by atoms with Gasteiger partial charge in [0.05, 0.1) is 12.3 Å². The van der Waals surface area contributed by atoms with Gasteiger partial charge < -0.3 is 9.47 Å². The molecule has 0 saturated heterocycles.